The van der Waals surface area contributed by atoms with Crippen molar-refractivity contribution in [2.75, 3.05) is 0 Å². The second-order valence-corrected chi connectivity index (χ2v) is 6.55. The molecule has 98 valence electrons. The Balaban J connectivity index is 4.14. The fourth-order valence-electron chi connectivity index (χ4n) is 2.48. The van der Waals surface area contributed by atoms with Gasteiger partial charge in [0.15, 0.2) is 0 Å². The summed E-state index contributed by atoms with van der Waals surface area (Å²) in [5, 5.41) is 0. The van der Waals surface area contributed by atoms with Gasteiger partial charge in [0, 0.05) is 6.04 Å². The van der Waals surface area contributed by atoms with Gasteiger partial charge in [-0.05, 0) is 43.4 Å². The van der Waals surface area contributed by atoms with Crippen LogP contribution in [-0.2, 0) is 0 Å². The molecule has 0 aliphatic carbocycles. The van der Waals surface area contributed by atoms with Gasteiger partial charge < -0.3 is 5.73 Å². The molecule has 0 aliphatic rings. The third kappa shape index (κ3) is 8.15. The van der Waals surface area contributed by atoms with Gasteiger partial charge in [-0.2, -0.15) is 0 Å². The van der Waals surface area contributed by atoms with Gasteiger partial charge in [0.25, 0.3) is 0 Å². The molecule has 0 bridgehead atoms. The molecule has 0 fully saturated rings. The average Bonchev–Trinajstić information content (AvgIpc) is 2.11. The molecule has 0 spiro atoms. The van der Waals surface area contributed by atoms with Gasteiger partial charge in [0.05, 0.1) is 0 Å². The summed E-state index contributed by atoms with van der Waals surface area (Å²) in [6.45, 7) is 13.8. The van der Waals surface area contributed by atoms with Gasteiger partial charge in [-0.15, -0.1) is 0 Å². The quantitative estimate of drug-likeness (QED) is 0.651. The highest BCUT2D eigenvalue weighted by Gasteiger charge is 2.19. The molecule has 1 nitrogen and oxygen atoms in total. The zero-order valence-corrected chi connectivity index (χ0v) is 12.3. The predicted molar refractivity (Wildman–Crippen MR) is 74.4 cm³/mol. The minimum atomic E-state index is 0.352. The summed E-state index contributed by atoms with van der Waals surface area (Å²) in [6.07, 6.45) is 5.24. The minimum Gasteiger partial charge on any atom is -0.328 e. The van der Waals surface area contributed by atoms with Crippen molar-refractivity contribution in [3.63, 3.8) is 0 Å². The van der Waals surface area contributed by atoms with E-state index in [1.807, 2.05) is 0 Å². The lowest BCUT2D eigenvalue weighted by atomic mass is 9.79. The van der Waals surface area contributed by atoms with Crippen LogP contribution < -0.4 is 5.73 Å². The van der Waals surface area contributed by atoms with Crippen LogP contribution in [0.3, 0.4) is 0 Å². The Bertz CT molecular complexity index is 151. The van der Waals surface area contributed by atoms with E-state index in [0.29, 0.717) is 6.04 Å². The van der Waals surface area contributed by atoms with Crippen molar-refractivity contribution in [1.29, 1.82) is 0 Å². The summed E-state index contributed by atoms with van der Waals surface area (Å²) < 4.78 is 0. The Kier molecular flexibility index (Phi) is 8.09. The molecule has 16 heavy (non-hydrogen) atoms. The van der Waals surface area contributed by atoms with Crippen molar-refractivity contribution in [2.45, 2.75) is 73.3 Å². The summed E-state index contributed by atoms with van der Waals surface area (Å²) in [4.78, 5) is 0. The first-order valence-corrected chi connectivity index (χ1v) is 7.08. The van der Waals surface area contributed by atoms with Crippen LogP contribution in [0.2, 0.25) is 0 Å². The monoisotopic (exact) mass is 227 g/mol. The molecule has 2 N–H and O–H groups in total. The maximum Gasteiger partial charge on any atom is 0.00132 e. The molecule has 0 aromatic rings. The van der Waals surface area contributed by atoms with Crippen LogP contribution in [0.15, 0.2) is 0 Å². The van der Waals surface area contributed by atoms with Crippen molar-refractivity contribution in [3.8, 4) is 0 Å². The van der Waals surface area contributed by atoms with Crippen LogP contribution in [0.5, 0.6) is 0 Å². The lowest BCUT2D eigenvalue weighted by molar-refractivity contribution is 0.246. The minimum absolute atomic E-state index is 0.352. The lowest BCUT2D eigenvalue weighted by Gasteiger charge is -2.27. The van der Waals surface area contributed by atoms with Gasteiger partial charge in [0.1, 0.15) is 0 Å². The Morgan fingerprint density at radius 3 is 1.69 bits per heavy atom. The molecule has 3 atom stereocenters. The van der Waals surface area contributed by atoms with E-state index in [2.05, 4.69) is 41.5 Å². The highest BCUT2D eigenvalue weighted by atomic mass is 14.6. The lowest BCUT2D eigenvalue weighted by Crippen LogP contribution is -2.25. The molecule has 0 heterocycles. The third-order valence-corrected chi connectivity index (χ3v) is 3.45. The van der Waals surface area contributed by atoms with Crippen LogP contribution in [0.1, 0.15) is 67.2 Å². The molecule has 0 saturated carbocycles. The molecule has 0 rings (SSSR count). The van der Waals surface area contributed by atoms with Gasteiger partial charge in [-0.1, -0.05) is 47.5 Å². The summed E-state index contributed by atoms with van der Waals surface area (Å²) in [5.74, 6) is 3.28. The fourth-order valence-corrected chi connectivity index (χ4v) is 2.48. The van der Waals surface area contributed by atoms with E-state index in [0.717, 1.165) is 23.7 Å². The summed E-state index contributed by atoms with van der Waals surface area (Å²) in [5.41, 5.74) is 5.96. The zero-order chi connectivity index (χ0) is 12.7. The first-order valence-electron chi connectivity index (χ1n) is 7.08. The third-order valence-electron chi connectivity index (χ3n) is 3.45. The Morgan fingerprint density at radius 2 is 1.31 bits per heavy atom. The normalized spacial score (nSPS) is 17.8. The second kappa shape index (κ2) is 8.11. The van der Waals surface area contributed by atoms with Crippen molar-refractivity contribution in [3.05, 3.63) is 0 Å². The first kappa shape index (κ1) is 16.0. The zero-order valence-electron chi connectivity index (χ0n) is 12.3. The standard InChI is InChI=1S/C15H33N/c1-11(2)7-8-13(5)15(9-12(3)4)10-14(6)16/h11-15H,7-10,16H2,1-6H3. The maximum absolute atomic E-state index is 5.96. The molecule has 0 aromatic carbocycles. The van der Waals surface area contributed by atoms with Crippen molar-refractivity contribution in [2.24, 2.45) is 29.4 Å². The predicted octanol–water partition coefficient (Wildman–Crippen LogP) is 4.46. The molecule has 3 unspecified atom stereocenters. The van der Waals surface area contributed by atoms with Crippen LogP contribution in [0.4, 0.5) is 0 Å². The van der Waals surface area contributed by atoms with Crippen molar-refractivity contribution >= 4 is 0 Å². The van der Waals surface area contributed by atoms with E-state index in [1.54, 1.807) is 0 Å². The Labute approximate surface area is 103 Å². The highest BCUT2D eigenvalue weighted by Crippen LogP contribution is 2.29. The first-order chi connectivity index (χ1) is 7.32. The number of hydrogen-bond donors (Lipinski definition) is 1. The molecular weight excluding hydrogens is 194 g/mol. The number of hydrogen-bond acceptors (Lipinski definition) is 1. The van der Waals surface area contributed by atoms with Gasteiger partial charge in [0.2, 0.25) is 0 Å². The Morgan fingerprint density at radius 1 is 0.750 bits per heavy atom. The van der Waals surface area contributed by atoms with Crippen molar-refractivity contribution in [1.82, 2.24) is 0 Å². The Hall–Kier alpha value is -0.0400. The van der Waals surface area contributed by atoms with Gasteiger partial charge in [-0.3, -0.25) is 0 Å². The second-order valence-electron chi connectivity index (χ2n) is 6.55. The molecular formula is C15H33N. The average molecular weight is 227 g/mol. The number of rotatable bonds is 8. The van der Waals surface area contributed by atoms with E-state index < -0.39 is 0 Å². The molecule has 0 aliphatic heterocycles. The SMILES string of the molecule is CC(C)CCC(C)C(CC(C)C)CC(C)N. The smallest absolute Gasteiger partial charge is 0.00132 e. The number of nitrogens with two attached hydrogens (primary N) is 1. The maximum atomic E-state index is 5.96. The van der Waals surface area contributed by atoms with E-state index in [1.165, 1.54) is 25.7 Å². The fraction of sp³-hybridized carbons (Fsp3) is 1.00. The van der Waals surface area contributed by atoms with Gasteiger partial charge in [-0.25, -0.2) is 0 Å². The molecule has 0 amide bonds. The molecule has 1 heteroatoms. The van der Waals surface area contributed by atoms with E-state index in [4.69, 9.17) is 5.73 Å². The molecule has 0 saturated heterocycles. The van der Waals surface area contributed by atoms with Crippen LogP contribution in [0.25, 0.3) is 0 Å². The molecule has 0 aromatic heterocycles. The van der Waals surface area contributed by atoms with E-state index in [9.17, 15) is 0 Å². The largest absolute Gasteiger partial charge is 0.328 e. The van der Waals surface area contributed by atoms with Crippen molar-refractivity contribution < 1.29 is 0 Å². The molecule has 0 radical (unpaired) electrons. The summed E-state index contributed by atoms with van der Waals surface area (Å²) in [6, 6.07) is 0.352. The van der Waals surface area contributed by atoms with E-state index in [-0.39, 0.29) is 0 Å². The summed E-state index contributed by atoms with van der Waals surface area (Å²) >= 11 is 0. The van der Waals surface area contributed by atoms with Gasteiger partial charge >= 0.3 is 0 Å². The van der Waals surface area contributed by atoms with Crippen LogP contribution in [-0.4, -0.2) is 6.04 Å². The topological polar surface area (TPSA) is 26.0 Å². The van der Waals surface area contributed by atoms with E-state index >= 15 is 0 Å². The highest BCUT2D eigenvalue weighted by molar-refractivity contribution is 4.72. The van der Waals surface area contributed by atoms with Crippen LogP contribution >= 0.6 is 0 Å². The summed E-state index contributed by atoms with van der Waals surface area (Å²) in [7, 11) is 0. The van der Waals surface area contributed by atoms with Crippen LogP contribution in [0, 0.1) is 23.7 Å².